The zero-order chi connectivity index (χ0) is 19.9. The minimum Gasteiger partial charge on any atom is -0.494 e. The molecule has 3 aromatic rings. The van der Waals surface area contributed by atoms with Crippen LogP contribution in [0, 0.1) is 23.7 Å². The number of hydrogen-bond donors (Lipinski definition) is 1. The number of hydrogen-bond acceptors (Lipinski definition) is 3. The van der Waals surface area contributed by atoms with Gasteiger partial charge in [-0.2, -0.15) is 5.26 Å². The van der Waals surface area contributed by atoms with Gasteiger partial charge in [-0.3, -0.25) is 4.79 Å². The highest BCUT2D eigenvalue weighted by Crippen LogP contribution is 2.24. The van der Waals surface area contributed by atoms with Crippen LogP contribution >= 0.6 is 0 Å². The summed E-state index contributed by atoms with van der Waals surface area (Å²) in [6.45, 7) is 2.88. The lowest BCUT2D eigenvalue weighted by atomic mass is 10.1. The molecule has 138 valence electrons. The van der Waals surface area contributed by atoms with Gasteiger partial charge in [-0.15, -0.1) is 6.42 Å². The fourth-order valence-corrected chi connectivity index (χ4v) is 2.92. The number of terminal acetylenes is 1. The Bertz CT molecular complexity index is 1110. The smallest absolute Gasteiger partial charge is 0.266 e. The minimum absolute atomic E-state index is 0.0116. The van der Waals surface area contributed by atoms with Gasteiger partial charge in [0.25, 0.3) is 5.91 Å². The molecule has 0 spiro atoms. The SMILES string of the molecule is C#CCn1cc(/C=C(/C#N)C(=O)Nc2ccc(OCC)cc2)c2ccccc21. The van der Waals surface area contributed by atoms with Crippen molar-refractivity contribution in [3.05, 3.63) is 65.9 Å². The van der Waals surface area contributed by atoms with Crippen LogP contribution in [0.4, 0.5) is 5.69 Å². The van der Waals surface area contributed by atoms with E-state index >= 15 is 0 Å². The average Bonchev–Trinajstić information content (AvgIpc) is 3.05. The maximum absolute atomic E-state index is 12.6. The van der Waals surface area contributed by atoms with Crippen LogP contribution in [0.3, 0.4) is 0 Å². The third kappa shape index (κ3) is 4.06. The normalized spacial score (nSPS) is 10.9. The van der Waals surface area contributed by atoms with Crippen LogP contribution in [-0.2, 0) is 11.3 Å². The number of benzene rings is 2. The molecular weight excluding hydrogens is 350 g/mol. The molecule has 0 aliphatic rings. The molecule has 28 heavy (non-hydrogen) atoms. The first-order valence-electron chi connectivity index (χ1n) is 8.83. The lowest BCUT2D eigenvalue weighted by Crippen LogP contribution is -2.13. The fraction of sp³-hybridized carbons (Fsp3) is 0.130. The van der Waals surface area contributed by atoms with Crippen molar-refractivity contribution in [2.45, 2.75) is 13.5 Å². The monoisotopic (exact) mass is 369 g/mol. The molecule has 3 rings (SSSR count). The molecular formula is C23H19N3O2. The van der Waals surface area contributed by atoms with Crippen LogP contribution in [-0.4, -0.2) is 17.1 Å². The van der Waals surface area contributed by atoms with Crippen molar-refractivity contribution in [1.29, 1.82) is 5.26 Å². The van der Waals surface area contributed by atoms with Gasteiger partial charge in [0.1, 0.15) is 17.4 Å². The molecule has 2 aromatic carbocycles. The summed E-state index contributed by atoms with van der Waals surface area (Å²) in [5.41, 5.74) is 2.32. The van der Waals surface area contributed by atoms with Gasteiger partial charge in [-0.25, -0.2) is 0 Å². The Labute approximate surface area is 163 Å². The second-order valence-electron chi connectivity index (χ2n) is 6.01. The Morgan fingerprint density at radius 1 is 1.25 bits per heavy atom. The van der Waals surface area contributed by atoms with Gasteiger partial charge in [0.05, 0.1) is 13.2 Å². The molecule has 0 aliphatic heterocycles. The number of fused-ring (bicyclic) bond motifs is 1. The first-order valence-corrected chi connectivity index (χ1v) is 8.83. The Morgan fingerprint density at radius 3 is 2.68 bits per heavy atom. The number of carbonyl (C=O) groups excluding carboxylic acids is 1. The summed E-state index contributed by atoms with van der Waals surface area (Å²) in [5.74, 6) is 2.86. The number of ether oxygens (including phenoxy) is 1. The van der Waals surface area contributed by atoms with Crippen molar-refractivity contribution in [1.82, 2.24) is 4.57 Å². The van der Waals surface area contributed by atoms with Crippen molar-refractivity contribution < 1.29 is 9.53 Å². The Morgan fingerprint density at radius 2 is 2.00 bits per heavy atom. The van der Waals surface area contributed by atoms with E-state index in [2.05, 4.69) is 11.2 Å². The van der Waals surface area contributed by atoms with Gasteiger partial charge in [-0.1, -0.05) is 24.1 Å². The van der Waals surface area contributed by atoms with Crippen LogP contribution in [0.1, 0.15) is 12.5 Å². The van der Waals surface area contributed by atoms with Gasteiger partial charge in [0, 0.05) is 28.4 Å². The van der Waals surface area contributed by atoms with Gasteiger partial charge >= 0.3 is 0 Å². The molecule has 0 fully saturated rings. The third-order valence-corrected chi connectivity index (χ3v) is 4.17. The highest BCUT2D eigenvalue weighted by Gasteiger charge is 2.12. The summed E-state index contributed by atoms with van der Waals surface area (Å²) < 4.78 is 7.30. The summed E-state index contributed by atoms with van der Waals surface area (Å²) >= 11 is 0. The Kier molecular flexibility index (Phi) is 5.79. The van der Waals surface area contributed by atoms with Gasteiger partial charge < -0.3 is 14.6 Å². The second kappa shape index (κ2) is 8.62. The number of nitriles is 1. The van der Waals surface area contributed by atoms with E-state index in [1.165, 1.54) is 0 Å². The van der Waals surface area contributed by atoms with E-state index in [1.54, 1.807) is 30.3 Å². The molecule has 1 amide bonds. The molecule has 5 nitrogen and oxygen atoms in total. The summed E-state index contributed by atoms with van der Waals surface area (Å²) in [4.78, 5) is 12.6. The molecule has 0 saturated heterocycles. The first-order chi connectivity index (χ1) is 13.7. The van der Waals surface area contributed by atoms with Crippen LogP contribution < -0.4 is 10.1 Å². The second-order valence-corrected chi connectivity index (χ2v) is 6.01. The molecule has 0 aliphatic carbocycles. The molecule has 0 unspecified atom stereocenters. The summed E-state index contributed by atoms with van der Waals surface area (Å²) in [6, 6.07) is 16.7. The summed E-state index contributed by atoms with van der Waals surface area (Å²) in [6.07, 6.45) is 8.88. The number of aromatic nitrogens is 1. The zero-order valence-corrected chi connectivity index (χ0v) is 15.5. The number of carbonyl (C=O) groups is 1. The quantitative estimate of drug-likeness (QED) is 0.402. The average molecular weight is 369 g/mol. The third-order valence-electron chi connectivity index (χ3n) is 4.17. The molecule has 0 radical (unpaired) electrons. The molecule has 1 aromatic heterocycles. The molecule has 1 N–H and O–H groups in total. The summed E-state index contributed by atoms with van der Waals surface area (Å²) in [5, 5.41) is 13.2. The maximum atomic E-state index is 12.6. The number of rotatable bonds is 6. The lowest BCUT2D eigenvalue weighted by Gasteiger charge is -2.06. The van der Waals surface area contributed by atoms with E-state index in [0.717, 1.165) is 22.2 Å². The molecule has 5 heteroatoms. The molecule has 0 saturated carbocycles. The predicted molar refractivity (Wildman–Crippen MR) is 111 cm³/mol. The maximum Gasteiger partial charge on any atom is 0.266 e. The minimum atomic E-state index is -0.472. The molecule has 1 heterocycles. The van der Waals surface area contributed by atoms with Crippen molar-refractivity contribution in [3.8, 4) is 24.2 Å². The van der Waals surface area contributed by atoms with Crippen LogP contribution in [0.25, 0.3) is 17.0 Å². The highest BCUT2D eigenvalue weighted by atomic mass is 16.5. The number of nitrogens with zero attached hydrogens (tertiary/aromatic N) is 2. The first kappa shape index (κ1) is 18.8. The van der Waals surface area contributed by atoms with Crippen LogP contribution in [0.15, 0.2) is 60.3 Å². The lowest BCUT2D eigenvalue weighted by molar-refractivity contribution is -0.112. The number of para-hydroxylation sites is 1. The Balaban J connectivity index is 1.88. The van der Waals surface area contributed by atoms with Crippen molar-refractivity contribution in [2.75, 3.05) is 11.9 Å². The van der Waals surface area contributed by atoms with E-state index < -0.39 is 5.91 Å². The molecule has 0 bridgehead atoms. The predicted octanol–water partition coefficient (Wildman–Crippen LogP) is 4.22. The van der Waals surface area contributed by atoms with Gasteiger partial charge in [0.15, 0.2) is 0 Å². The van der Waals surface area contributed by atoms with E-state index in [4.69, 9.17) is 11.2 Å². The van der Waals surface area contributed by atoms with Crippen LogP contribution in [0.5, 0.6) is 5.75 Å². The molecule has 0 atom stereocenters. The largest absolute Gasteiger partial charge is 0.494 e. The fourth-order valence-electron chi connectivity index (χ4n) is 2.92. The van der Waals surface area contributed by atoms with Crippen LogP contribution in [0.2, 0.25) is 0 Å². The van der Waals surface area contributed by atoms with E-state index in [1.807, 2.05) is 48.0 Å². The Hall–Kier alpha value is -3.96. The van der Waals surface area contributed by atoms with E-state index in [0.29, 0.717) is 18.8 Å². The van der Waals surface area contributed by atoms with Crippen molar-refractivity contribution >= 4 is 28.6 Å². The highest BCUT2D eigenvalue weighted by molar-refractivity contribution is 6.10. The number of amides is 1. The summed E-state index contributed by atoms with van der Waals surface area (Å²) in [7, 11) is 0. The van der Waals surface area contributed by atoms with Crippen molar-refractivity contribution in [2.24, 2.45) is 0 Å². The van der Waals surface area contributed by atoms with Crippen molar-refractivity contribution in [3.63, 3.8) is 0 Å². The van der Waals surface area contributed by atoms with Gasteiger partial charge in [-0.05, 0) is 43.3 Å². The van der Waals surface area contributed by atoms with E-state index in [9.17, 15) is 10.1 Å². The zero-order valence-electron chi connectivity index (χ0n) is 15.5. The number of nitrogens with one attached hydrogen (secondary N) is 1. The standard InChI is InChI=1S/C23H19N3O2/c1-3-13-26-16-18(21-7-5-6-8-22(21)26)14-17(15-24)23(27)25-19-9-11-20(12-10-19)28-4-2/h1,5-12,14,16H,4,13H2,2H3,(H,25,27)/b17-14-. The topological polar surface area (TPSA) is 67.0 Å². The van der Waals surface area contributed by atoms with E-state index in [-0.39, 0.29) is 5.57 Å². The van der Waals surface area contributed by atoms with Gasteiger partial charge in [0.2, 0.25) is 0 Å². The number of anilines is 1.